The molecular weight excluding hydrogens is 486 g/mol. The van der Waals surface area contributed by atoms with Gasteiger partial charge in [0, 0.05) is 36.9 Å². The van der Waals surface area contributed by atoms with Crippen molar-refractivity contribution in [1.82, 2.24) is 25.9 Å². The van der Waals surface area contributed by atoms with Gasteiger partial charge in [-0.25, -0.2) is 9.78 Å². The van der Waals surface area contributed by atoms with Gasteiger partial charge in [-0.2, -0.15) is 12.6 Å². The van der Waals surface area contributed by atoms with E-state index in [0.29, 0.717) is 5.69 Å². The highest BCUT2D eigenvalue weighted by molar-refractivity contribution is 7.80. The van der Waals surface area contributed by atoms with Crippen LogP contribution in [0.25, 0.3) is 0 Å². The molecule has 4 unspecified atom stereocenters. The summed E-state index contributed by atoms with van der Waals surface area (Å²) in [6.45, 7) is 0. The molecule has 1 rings (SSSR count). The van der Waals surface area contributed by atoms with Crippen molar-refractivity contribution < 1.29 is 39.0 Å². The smallest absolute Gasteiger partial charge is 0.326 e. The fraction of sp³-hybridized carbons (Fsp3) is 0.526. The number of aromatic nitrogens is 2. The van der Waals surface area contributed by atoms with Crippen molar-refractivity contribution in [2.45, 2.75) is 56.3 Å². The number of carbonyl (C=O) groups is 6. The van der Waals surface area contributed by atoms with Crippen LogP contribution in [0.5, 0.6) is 0 Å². The fourth-order valence-corrected chi connectivity index (χ4v) is 3.05. The maximum absolute atomic E-state index is 12.9. The molecule has 0 bridgehead atoms. The van der Waals surface area contributed by atoms with Crippen LogP contribution in [0.2, 0.25) is 0 Å². The molecule has 16 heteroatoms. The molecule has 1 heterocycles. The second kappa shape index (κ2) is 14.6. The summed E-state index contributed by atoms with van der Waals surface area (Å²) in [6, 6.07) is -5.15. The van der Waals surface area contributed by atoms with Crippen LogP contribution in [0, 0.1) is 0 Å². The van der Waals surface area contributed by atoms with Gasteiger partial charge in [0.1, 0.15) is 18.1 Å². The number of rotatable bonds is 16. The summed E-state index contributed by atoms with van der Waals surface area (Å²) in [5, 5.41) is 25.0. The van der Waals surface area contributed by atoms with E-state index in [1.165, 1.54) is 12.5 Å². The van der Waals surface area contributed by atoms with E-state index >= 15 is 0 Å². The van der Waals surface area contributed by atoms with Gasteiger partial charge in [-0.05, 0) is 12.8 Å². The molecule has 0 radical (unpaired) electrons. The summed E-state index contributed by atoms with van der Waals surface area (Å²) in [7, 11) is 0. The number of carbonyl (C=O) groups excluding carboxylic acids is 4. The molecule has 0 saturated carbocycles. The summed E-state index contributed by atoms with van der Waals surface area (Å²) in [4.78, 5) is 77.5. The Bertz CT molecular complexity index is 911. The first-order valence-corrected chi connectivity index (χ1v) is 11.1. The van der Waals surface area contributed by atoms with E-state index in [1.54, 1.807) is 0 Å². The maximum atomic E-state index is 12.9. The second-order valence-corrected chi connectivity index (χ2v) is 7.89. The number of nitrogens with zero attached hydrogens (tertiary/aromatic N) is 1. The summed E-state index contributed by atoms with van der Waals surface area (Å²) in [5.41, 5.74) is 11.2. The average molecular weight is 516 g/mol. The number of imidazole rings is 1. The predicted molar refractivity (Wildman–Crippen MR) is 123 cm³/mol. The SMILES string of the molecule is NC(=O)CCC(NC(=O)C(CS)NC(=O)C(Cc1cnc[nH]1)NC(=O)C(N)CCC(=O)O)C(=O)O. The molecule has 0 aliphatic rings. The summed E-state index contributed by atoms with van der Waals surface area (Å²) >= 11 is 4.02. The summed E-state index contributed by atoms with van der Waals surface area (Å²) in [5.74, 6) is -5.98. The lowest BCUT2D eigenvalue weighted by Gasteiger charge is -2.24. The van der Waals surface area contributed by atoms with Crippen molar-refractivity contribution in [2.24, 2.45) is 11.5 Å². The van der Waals surface area contributed by atoms with E-state index in [-0.39, 0.29) is 37.9 Å². The highest BCUT2D eigenvalue weighted by Gasteiger charge is 2.30. The minimum Gasteiger partial charge on any atom is -0.481 e. The first-order chi connectivity index (χ1) is 16.4. The molecule has 15 nitrogen and oxygen atoms in total. The van der Waals surface area contributed by atoms with E-state index in [2.05, 4.69) is 38.5 Å². The van der Waals surface area contributed by atoms with Gasteiger partial charge in [0.15, 0.2) is 0 Å². The van der Waals surface area contributed by atoms with Crippen molar-refractivity contribution in [3.05, 3.63) is 18.2 Å². The first kappa shape index (κ1) is 29.4. The fourth-order valence-electron chi connectivity index (χ4n) is 2.80. The van der Waals surface area contributed by atoms with Crippen molar-refractivity contribution in [2.75, 3.05) is 5.75 Å². The van der Waals surface area contributed by atoms with Gasteiger partial charge in [0.05, 0.1) is 12.4 Å². The molecule has 0 saturated heterocycles. The molecule has 4 atom stereocenters. The van der Waals surface area contributed by atoms with Crippen LogP contribution in [0.1, 0.15) is 31.4 Å². The Labute approximate surface area is 205 Å². The van der Waals surface area contributed by atoms with E-state index in [4.69, 9.17) is 16.6 Å². The molecule has 0 aromatic carbocycles. The number of hydrogen-bond donors (Lipinski definition) is 9. The minimum atomic E-state index is -1.43. The third-order valence-electron chi connectivity index (χ3n) is 4.73. The Kier molecular flexibility index (Phi) is 12.2. The highest BCUT2D eigenvalue weighted by atomic mass is 32.1. The van der Waals surface area contributed by atoms with Crippen LogP contribution in [0.15, 0.2) is 12.5 Å². The standard InChI is InChI=1S/C19H29N7O8S/c20-10(1-4-15(28)29)16(30)25-12(5-9-6-22-8-23-9)17(31)26-13(7-35)18(32)24-11(19(33)34)2-3-14(21)27/h6,8,10-13,35H,1-5,7,20H2,(H2,21,27)(H,22,23)(H,24,32)(H,25,30)(H,26,31)(H,28,29)(H,33,34). The molecule has 4 amide bonds. The van der Waals surface area contributed by atoms with E-state index < -0.39 is 59.7 Å². The van der Waals surface area contributed by atoms with Crippen LogP contribution >= 0.6 is 12.6 Å². The topological polar surface area (TPSA) is 260 Å². The van der Waals surface area contributed by atoms with Gasteiger partial charge in [-0.3, -0.25) is 24.0 Å². The number of carboxylic acids is 2. The summed E-state index contributed by atoms with van der Waals surface area (Å²) in [6.07, 6.45) is 1.65. The van der Waals surface area contributed by atoms with E-state index in [9.17, 15) is 33.9 Å². The molecule has 0 aliphatic carbocycles. The molecule has 1 aromatic heterocycles. The van der Waals surface area contributed by atoms with Gasteiger partial charge in [-0.1, -0.05) is 0 Å². The second-order valence-electron chi connectivity index (χ2n) is 7.53. The molecule has 35 heavy (non-hydrogen) atoms. The lowest BCUT2D eigenvalue weighted by atomic mass is 10.1. The Balaban J connectivity index is 2.90. The zero-order valence-electron chi connectivity index (χ0n) is 18.6. The van der Waals surface area contributed by atoms with Crippen LogP contribution in [0.3, 0.4) is 0 Å². The predicted octanol–water partition coefficient (Wildman–Crippen LogP) is -3.12. The van der Waals surface area contributed by atoms with Gasteiger partial charge in [0.25, 0.3) is 0 Å². The van der Waals surface area contributed by atoms with Crippen molar-refractivity contribution in [1.29, 1.82) is 0 Å². The highest BCUT2D eigenvalue weighted by Crippen LogP contribution is 2.04. The molecule has 10 N–H and O–H groups in total. The van der Waals surface area contributed by atoms with Crippen LogP contribution in [-0.2, 0) is 35.2 Å². The molecule has 194 valence electrons. The number of H-pyrrole nitrogens is 1. The molecule has 1 aromatic rings. The largest absolute Gasteiger partial charge is 0.481 e. The number of aliphatic carboxylic acids is 2. The quantitative estimate of drug-likeness (QED) is 0.1000. The lowest BCUT2D eigenvalue weighted by Crippen LogP contribution is -2.58. The maximum Gasteiger partial charge on any atom is 0.326 e. The summed E-state index contributed by atoms with van der Waals surface area (Å²) < 4.78 is 0. The van der Waals surface area contributed by atoms with E-state index in [0.717, 1.165) is 0 Å². The Morgan fingerprint density at radius 2 is 1.54 bits per heavy atom. The van der Waals surface area contributed by atoms with Gasteiger partial charge in [-0.15, -0.1) is 0 Å². The van der Waals surface area contributed by atoms with Crippen LogP contribution < -0.4 is 27.4 Å². The molecule has 0 fully saturated rings. The van der Waals surface area contributed by atoms with Crippen molar-refractivity contribution >= 4 is 48.2 Å². The zero-order chi connectivity index (χ0) is 26.5. The minimum absolute atomic E-state index is 0.0690. The first-order valence-electron chi connectivity index (χ1n) is 10.4. The lowest BCUT2D eigenvalue weighted by molar-refractivity contribution is -0.142. The molecular formula is C19H29N7O8S. The molecule has 0 spiro atoms. The number of thiol groups is 1. The van der Waals surface area contributed by atoms with Crippen molar-refractivity contribution in [3.63, 3.8) is 0 Å². The molecule has 0 aliphatic heterocycles. The van der Waals surface area contributed by atoms with Crippen LogP contribution in [0.4, 0.5) is 0 Å². The van der Waals surface area contributed by atoms with Gasteiger partial charge in [0.2, 0.25) is 23.6 Å². The Morgan fingerprint density at radius 3 is 2.06 bits per heavy atom. The van der Waals surface area contributed by atoms with Gasteiger partial charge >= 0.3 is 11.9 Å². The number of nitrogens with one attached hydrogen (secondary N) is 4. The van der Waals surface area contributed by atoms with Crippen molar-refractivity contribution in [3.8, 4) is 0 Å². The van der Waals surface area contributed by atoms with E-state index in [1.807, 2.05) is 0 Å². The zero-order valence-corrected chi connectivity index (χ0v) is 19.5. The third-order valence-corrected chi connectivity index (χ3v) is 5.09. The number of aromatic amines is 1. The monoisotopic (exact) mass is 515 g/mol. The van der Waals surface area contributed by atoms with Gasteiger partial charge < -0.3 is 42.6 Å². The number of amides is 4. The third kappa shape index (κ3) is 10.9. The number of carboxylic acid groups (broad SMARTS) is 2. The number of nitrogens with two attached hydrogens (primary N) is 2. The Morgan fingerprint density at radius 1 is 0.943 bits per heavy atom. The average Bonchev–Trinajstić information content (AvgIpc) is 3.30. The van der Waals surface area contributed by atoms with Crippen LogP contribution in [-0.4, -0.2) is 85.7 Å². The Hall–Kier alpha value is -3.66. The normalized spacial score (nSPS) is 14.1. The number of primary amides is 1. The number of hydrogen-bond acceptors (Lipinski definition) is 9.